The molecule has 0 unspecified atom stereocenters. The first kappa shape index (κ1) is 14.6. The van der Waals surface area contributed by atoms with Crippen LogP contribution in [-0.2, 0) is 9.84 Å². The first-order valence-electron chi connectivity index (χ1n) is 6.59. The Morgan fingerprint density at radius 3 is 2.57 bits per heavy atom. The Morgan fingerprint density at radius 2 is 1.95 bits per heavy atom. The summed E-state index contributed by atoms with van der Waals surface area (Å²) in [6.45, 7) is 2.42. The number of sulfone groups is 1. The van der Waals surface area contributed by atoms with Gasteiger partial charge in [-0.1, -0.05) is 0 Å². The van der Waals surface area contributed by atoms with Crippen LogP contribution in [0.25, 0.3) is 0 Å². The van der Waals surface area contributed by atoms with E-state index in [1.165, 1.54) is 11.0 Å². The Balaban J connectivity index is 2.07. The molecule has 1 aromatic carbocycles. The minimum absolute atomic E-state index is 0.0188. The highest BCUT2D eigenvalue weighted by Gasteiger charge is 2.52. The van der Waals surface area contributed by atoms with Crippen molar-refractivity contribution in [3.8, 4) is 0 Å². The lowest BCUT2D eigenvalue weighted by Crippen LogP contribution is -2.38. The summed E-state index contributed by atoms with van der Waals surface area (Å²) in [6, 6.07) is 2.55. The summed E-state index contributed by atoms with van der Waals surface area (Å²) in [5.74, 6) is -1.46. The number of fused-ring (bicyclic) bond motifs is 1. The van der Waals surface area contributed by atoms with Crippen LogP contribution < -0.4 is 4.90 Å². The van der Waals surface area contributed by atoms with Gasteiger partial charge in [-0.05, 0) is 31.3 Å². The first-order chi connectivity index (χ1) is 9.84. The Bertz CT molecular complexity index is 708. The molecule has 0 spiro atoms. The van der Waals surface area contributed by atoms with Crippen LogP contribution in [0.1, 0.15) is 6.92 Å². The molecule has 2 aliphatic rings. The third kappa shape index (κ3) is 2.30. The number of hydrogen-bond donors (Lipinski definition) is 0. The molecule has 114 valence electrons. The first-order valence-corrected chi connectivity index (χ1v) is 8.82. The molecule has 2 atom stereocenters. The summed E-state index contributed by atoms with van der Waals surface area (Å²) >= 11 is 5.36. The number of likely N-dealkylation sites (N-methyl/N-ethyl adjacent to an activating group) is 1. The van der Waals surface area contributed by atoms with Gasteiger partial charge in [0, 0.05) is 12.6 Å². The van der Waals surface area contributed by atoms with Gasteiger partial charge < -0.3 is 9.80 Å². The average molecular weight is 332 g/mol. The van der Waals surface area contributed by atoms with Gasteiger partial charge in [-0.15, -0.1) is 0 Å². The summed E-state index contributed by atoms with van der Waals surface area (Å²) in [6.07, 6.45) is 0. The normalized spacial score (nSPS) is 27.3. The lowest BCUT2D eigenvalue weighted by Gasteiger charge is -2.25. The number of nitrogens with zero attached hydrogens (tertiary/aromatic N) is 2. The van der Waals surface area contributed by atoms with Crippen molar-refractivity contribution in [2.45, 2.75) is 19.0 Å². The van der Waals surface area contributed by atoms with Crippen molar-refractivity contribution < 1.29 is 17.2 Å². The highest BCUT2D eigenvalue weighted by Crippen LogP contribution is 2.36. The molecule has 0 amide bonds. The van der Waals surface area contributed by atoms with E-state index in [1.54, 1.807) is 4.90 Å². The Kier molecular flexibility index (Phi) is 3.40. The standard InChI is InChI=1S/C13H14F2N2O2S2/c1-2-16-11-6-21(18,19)7-12(11)17(13(16)20)10-4-3-8(14)5-9(10)15/h3-5,11-12H,2,6-7H2,1H3/t11-,12+/m1/s1. The molecule has 2 aliphatic heterocycles. The highest BCUT2D eigenvalue weighted by molar-refractivity contribution is 7.91. The second-order valence-electron chi connectivity index (χ2n) is 5.25. The summed E-state index contributed by atoms with van der Waals surface area (Å²) in [4.78, 5) is 3.32. The molecule has 2 heterocycles. The molecule has 3 rings (SSSR count). The predicted molar refractivity (Wildman–Crippen MR) is 80.0 cm³/mol. The van der Waals surface area contributed by atoms with Gasteiger partial charge in [0.1, 0.15) is 11.6 Å². The highest BCUT2D eigenvalue weighted by atomic mass is 32.2. The maximum absolute atomic E-state index is 14.0. The quantitative estimate of drug-likeness (QED) is 0.769. The number of rotatable bonds is 2. The van der Waals surface area contributed by atoms with Gasteiger partial charge in [0.15, 0.2) is 14.9 Å². The summed E-state index contributed by atoms with van der Waals surface area (Å²) in [5.41, 5.74) is 0.129. The van der Waals surface area contributed by atoms with Crippen molar-refractivity contribution in [2.24, 2.45) is 0 Å². The van der Waals surface area contributed by atoms with Crippen LogP contribution in [-0.4, -0.2) is 48.6 Å². The Labute approximate surface area is 127 Å². The smallest absolute Gasteiger partial charge is 0.176 e. The number of thiocarbonyl (C=S) groups is 1. The lowest BCUT2D eigenvalue weighted by molar-refractivity contribution is 0.373. The van der Waals surface area contributed by atoms with E-state index < -0.39 is 27.5 Å². The topological polar surface area (TPSA) is 40.6 Å². The molecule has 21 heavy (non-hydrogen) atoms. The van der Waals surface area contributed by atoms with Gasteiger partial charge in [0.25, 0.3) is 0 Å². The molecule has 0 N–H and O–H groups in total. The van der Waals surface area contributed by atoms with Crippen molar-refractivity contribution in [2.75, 3.05) is 23.0 Å². The van der Waals surface area contributed by atoms with Gasteiger partial charge in [-0.3, -0.25) is 0 Å². The molecule has 2 fully saturated rings. The fourth-order valence-electron chi connectivity index (χ4n) is 3.11. The zero-order valence-corrected chi connectivity index (χ0v) is 12.9. The van der Waals surface area contributed by atoms with E-state index in [2.05, 4.69) is 0 Å². The fourth-order valence-corrected chi connectivity index (χ4v) is 5.55. The number of halogens is 2. The van der Waals surface area contributed by atoms with Crippen molar-refractivity contribution in [1.29, 1.82) is 0 Å². The van der Waals surface area contributed by atoms with Crippen LogP contribution in [0.4, 0.5) is 14.5 Å². The van der Waals surface area contributed by atoms with Gasteiger partial charge in [0.05, 0.1) is 29.3 Å². The SMILES string of the molecule is CCN1C(=S)N(c2ccc(F)cc2F)[C@H]2CS(=O)(=O)C[C@H]21. The Hall–Kier alpha value is -1.28. The molecule has 0 radical (unpaired) electrons. The van der Waals surface area contributed by atoms with E-state index in [4.69, 9.17) is 12.2 Å². The number of hydrogen-bond acceptors (Lipinski definition) is 3. The maximum Gasteiger partial charge on any atom is 0.176 e. The Morgan fingerprint density at radius 1 is 1.29 bits per heavy atom. The predicted octanol–water partition coefficient (Wildman–Crippen LogP) is 1.56. The van der Waals surface area contributed by atoms with Crippen LogP contribution in [0.15, 0.2) is 18.2 Å². The van der Waals surface area contributed by atoms with Crippen LogP contribution in [0.3, 0.4) is 0 Å². The van der Waals surface area contributed by atoms with Crippen LogP contribution in [0, 0.1) is 11.6 Å². The third-order valence-corrected chi connectivity index (χ3v) is 6.12. The number of anilines is 1. The zero-order chi connectivity index (χ0) is 15.4. The van der Waals surface area contributed by atoms with Gasteiger partial charge >= 0.3 is 0 Å². The number of benzene rings is 1. The molecule has 0 aliphatic carbocycles. The maximum atomic E-state index is 14.0. The van der Waals surface area contributed by atoms with Crippen LogP contribution in [0.5, 0.6) is 0 Å². The summed E-state index contributed by atoms with van der Waals surface area (Å²) in [5, 5.41) is 0.396. The van der Waals surface area contributed by atoms with Crippen molar-refractivity contribution in [3.05, 3.63) is 29.8 Å². The van der Waals surface area contributed by atoms with E-state index in [1.807, 2.05) is 6.92 Å². The molecule has 8 heteroatoms. The minimum atomic E-state index is -3.17. The zero-order valence-electron chi connectivity index (χ0n) is 11.3. The molecular formula is C13H14F2N2O2S2. The summed E-state index contributed by atoms with van der Waals surface area (Å²) < 4.78 is 50.9. The van der Waals surface area contributed by atoms with E-state index in [-0.39, 0.29) is 23.2 Å². The van der Waals surface area contributed by atoms with E-state index in [0.717, 1.165) is 12.1 Å². The lowest BCUT2D eigenvalue weighted by atomic mass is 10.1. The van der Waals surface area contributed by atoms with Gasteiger partial charge in [-0.2, -0.15) is 0 Å². The molecular weight excluding hydrogens is 318 g/mol. The molecule has 0 saturated carbocycles. The largest absolute Gasteiger partial charge is 0.343 e. The van der Waals surface area contributed by atoms with Crippen molar-refractivity contribution in [1.82, 2.24) is 4.90 Å². The van der Waals surface area contributed by atoms with Crippen molar-refractivity contribution >= 4 is 32.9 Å². The van der Waals surface area contributed by atoms with E-state index in [0.29, 0.717) is 11.7 Å². The van der Waals surface area contributed by atoms with Gasteiger partial charge in [0.2, 0.25) is 0 Å². The van der Waals surface area contributed by atoms with E-state index >= 15 is 0 Å². The molecule has 1 aromatic rings. The molecule has 0 aromatic heterocycles. The monoisotopic (exact) mass is 332 g/mol. The van der Waals surface area contributed by atoms with Crippen LogP contribution >= 0.6 is 12.2 Å². The third-order valence-electron chi connectivity index (χ3n) is 3.99. The molecule has 0 bridgehead atoms. The van der Waals surface area contributed by atoms with Gasteiger partial charge in [-0.25, -0.2) is 17.2 Å². The molecule has 4 nitrogen and oxygen atoms in total. The second-order valence-corrected chi connectivity index (χ2v) is 7.76. The van der Waals surface area contributed by atoms with E-state index in [9.17, 15) is 17.2 Å². The second kappa shape index (κ2) is 4.88. The summed E-state index contributed by atoms with van der Waals surface area (Å²) in [7, 11) is -3.17. The molecule has 2 saturated heterocycles. The van der Waals surface area contributed by atoms with Crippen molar-refractivity contribution in [3.63, 3.8) is 0 Å². The average Bonchev–Trinajstić information content (AvgIpc) is 2.80. The van der Waals surface area contributed by atoms with Crippen LogP contribution in [0.2, 0.25) is 0 Å². The fraction of sp³-hybridized carbons (Fsp3) is 0.462. The minimum Gasteiger partial charge on any atom is -0.343 e.